The van der Waals surface area contributed by atoms with Crippen LogP contribution in [0.15, 0.2) is 60.7 Å². The van der Waals surface area contributed by atoms with Crippen molar-refractivity contribution in [3.63, 3.8) is 0 Å². The quantitative estimate of drug-likeness (QED) is 0.450. The standard InChI is InChI=1S/C28H34N2O4/c31-24(29-22(27(33)16-8-17-27)20-10-3-1-4-11-20)26(14-7-15-26)25(32)30-23(28(34)18-9-19-28)21-12-5-2-6-13-21/h1-6,10-13,22-23,33-34H,7-9,14-19H2,(H,29,31)(H,30,32)/t22-,23-/m1/s1. The number of amides is 2. The molecule has 2 aromatic rings. The molecule has 0 aliphatic heterocycles. The second kappa shape index (κ2) is 8.82. The number of aliphatic hydroxyl groups is 2. The van der Waals surface area contributed by atoms with Crippen LogP contribution in [-0.4, -0.2) is 33.2 Å². The van der Waals surface area contributed by atoms with Crippen molar-refractivity contribution < 1.29 is 19.8 Å². The van der Waals surface area contributed by atoms with E-state index in [1.807, 2.05) is 60.7 Å². The highest BCUT2D eigenvalue weighted by atomic mass is 16.3. The van der Waals surface area contributed by atoms with Crippen LogP contribution in [0.25, 0.3) is 0 Å². The number of rotatable bonds is 8. The number of hydrogen-bond acceptors (Lipinski definition) is 4. The summed E-state index contributed by atoms with van der Waals surface area (Å²) in [6.07, 6.45) is 6.03. The molecule has 3 aliphatic carbocycles. The third-order valence-corrected chi connectivity index (χ3v) is 8.41. The third-order valence-electron chi connectivity index (χ3n) is 8.41. The lowest BCUT2D eigenvalue weighted by molar-refractivity contribution is -0.156. The predicted octanol–water partition coefficient (Wildman–Crippen LogP) is 3.70. The van der Waals surface area contributed by atoms with Crippen LogP contribution in [0.4, 0.5) is 0 Å². The lowest BCUT2D eigenvalue weighted by Gasteiger charge is -2.48. The van der Waals surface area contributed by atoms with E-state index in [-0.39, 0.29) is 11.8 Å². The SMILES string of the molecule is O=C(N[C@H](c1ccccc1)C1(O)CCC1)C1(C(=O)N[C@H](c2ccccc2)C2(O)CCC2)CCC1. The van der Waals surface area contributed by atoms with E-state index in [0.717, 1.165) is 30.4 Å². The van der Waals surface area contributed by atoms with Crippen LogP contribution < -0.4 is 10.6 Å². The van der Waals surface area contributed by atoms with E-state index in [0.29, 0.717) is 38.5 Å². The Kier molecular flexibility index (Phi) is 5.98. The molecule has 5 rings (SSSR count). The zero-order valence-corrected chi connectivity index (χ0v) is 19.5. The van der Waals surface area contributed by atoms with E-state index in [4.69, 9.17) is 0 Å². The Bertz CT molecular complexity index is 947. The molecule has 0 spiro atoms. The highest BCUT2D eigenvalue weighted by Gasteiger charge is 2.55. The average Bonchev–Trinajstić information content (AvgIpc) is 2.78. The van der Waals surface area contributed by atoms with Crippen LogP contribution >= 0.6 is 0 Å². The first kappa shape index (κ1) is 23.1. The maximum Gasteiger partial charge on any atom is 0.236 e. The molecule has 0 radical (unpaired) electrons. The number of nitrogens with one attached hydrogen (secondary N) is 2. The zero-order chi connectivity index (χ0) is 23.8. The van der Waals surface area contributed by atoms with Gasteiger partial charge in [-0.15, -0.1) is 0 Å². The van der Waals surface area contributed by atoms with Gasteiger partial charge in [0.15, 0.2) is 0 Å². The van der Waals surface area contributed by atoms with Crippen LogP contribution in [0.2, 0.25) is 0 Å². The first-order valence-electron chi connectivity index (χ1n) is 12.5. The van der Waals surface area contributed by atoms with Gasteiger partial charge in [-0.05, 0) is 62.5 Å². The third kappa shape index (κ3) is 3.93. The van der Waals surface area contributed by atoms with Crippen molar-refractivity contribution in [2.75, 3.05) is 0 Å². The van der Waals surface area contributed by atoms with Gasteiger partial charge >= 0.3 is 0 Å². The van der Waals surface area contributed by atoms with Gasteiger partial charge in [0.25, 0.3) is 0 Å². The molecule has 2 amide bonds. The molecule has 2 atom stereocenters. The summed E-state index contributed by atoms with van der Waals surface area (Å²) in [5.74, 6) is -0.671. The molecule has 6 nitrogen and oxygen atoms in total. The van der Waals surface area contributed by atoms with E-state index in [1.165, 1.54) is 0 Å². The highest BCUT2D eigenvalue weighted by molar-refractivity contribution is 6.06. The Labute approximate surface area is 200 Å². The molecule has 0 bridgehead atoms. The monoisotopic (exact) mass is 462 g/mol. The normalized spacial score (nSPS) is 23.2. The Morgan fingerprint density at radius 1 is 0.618 bits per heavy atom. The molecule has 0 saturated heterocycles. The fraction of sp³-hybridized carbons (Fsp3) is 0.500. The Balaban J connectivity index is 1.38. The maximum atomic E-state index is 13.7. The van der Waals surface area contributed by atoms with Crippen molar-refractivity contribution in [2.24, 2.45) is 5.41 Å². The van der Waals surface area contributed by atoms with Crippen molar-refractivity contribution >= 4 is 11.8 Å². The van der Waals surface area contributed by atoms with Crippen LogP contribution in [0.3, 0.4) is 0 Å². The molecule has 34 heavy (non-hydrogen) atoms. The molecule has 3 aliphatic rings. The van der Waals surface area contributed by atoms with Crippen LogP contribution in [0.1, 0.15) is 81.0 Å². The van der Waals surface area contributed by atoms with Gasteiger partial charge in [0.2, 0.25) is 11.8 Å². The summed E-state index contributed by atoms with van der Waals surface area (Å²) in [5, 5.41) is 28.5. The van der Waals surface area contributed by atoms with Gasteiger partial charge in [-0.1, -0.05) is 67.1 Å². The molecule has 0 heterocycles. The van der Waals surface area contributed by atoms with Gasteiger partial charge < -0.3 is 20.8 Å². The topological polar surface area (TPSA) is 98.7 Å². The van der Waals surface area contributed by atoms with E-state index >= 15 is 0 Å². The minimum absolute atomic E-state index is 0.335. The van der Waals surface area contributed by atoms with Gasteiger partial charge in [-0.2, -0.15) is 0 Å². The number of benzene rings is 2. The Morgan fingerprint density at radius 2 is 0.971 bits per heavy atom. The van der Waals surface area contributed by atoms with E-state index < -0.39 is 28.7 Å². The summed E-state index contributed by atoms with van der Waals surface area (Å²) in [4.78, 5) is 27.3. The fourth-order valence-electron chi connectivity index (χ4n) is 5.63. The van der Waals surface area contributed by atoms with E-state index in [2.05, 4.69) is 10.6 Å². The first-order chi connectivity index (χ1) is 16.4. The highest BCUT2D eigenvalue weighted by Crippen LogP contribution is 2.47. The lowest BCUT2D eigenvalue weighted by atomic mass is 9.65. The first-order valence-corrected chi connectivity index (χ1v) is 12.5. The molecule has 3 saturated carbocycles. The molecule has 0 unspecified atom stereocenters. The molecule has 6 heteroatoms. The maximum absolute atomic E-state index is 13.7. The molecular weight excluding hydrogens is 428 g/mol. The molecule has 2 aromatic carbocycles. The van der Waals surface area contributed by atoms with Crippen molar-refractivity contribution in [3.8, 4) is 0 Å². The predicted molar refractivity (Wildman–Crippen MR) is 129 cm³/mol. The summed E-state index contributed by atoms with van der Waals surface area (Å²) < 4.78 is 0. The summed E-state index contributed by atoms with van der Waals surface area (Å²) >= 11 is 0. The Hall–Kier alpha value is -2.70. The van der Waals surface area contributed by atoms with Gasteiger partial charge in [-0.25, -0.2) is 0 Å². The molecular formula is C28H34N2O4. The number of carbonyl (C=O) groups excluding carboxylic acids is 2. The van der Waals surface area contributed by atoms with E-state index in [1.54, 1.807) is 0 Å². The second-order valence-electron chi connectivity index (χ2n) is 10.5. The Morgan fingerprint density at radius 3 is 1.24 bits per heavy atom. The molecule has 3 fully saturated rings. The molecule has 180 valence electrons. The number of hydrogen-bond donors (Lipinski definition) is 4. The van der Waals surface area contributed by atoms with Crippen molar-refractivity contribution in [1.82, 2.24) is 10.6 Å². The van der Waals surface area contributed by atoms with Crippen molar-refractivity contribution in [2.45, 2.75) is 81.1 Å². The van der Waals surface area contributed by atoms with E-state index in [9.17, 15) is 19.8 Å². The summed E-state index contributed by atoms with van der Waals surface area (Å²) in [5.41, 5.74) is -1.48. The minimum Gasteiger partial charge on any atom is -0.387 e. The smallest absolute Gasteiger partial charge is 0.236 e. The van der Waals surface area contributed by atoms with Crippen molar-refractivity contribution in [1.29, 1.82) is 0 Å². The zero-order valence-electron chi connectivity index (χ0n) is 19.5. The van der Waals surface area contributed by atoms with Gasteiger partial charge in [0.05, 0.1) is 23.3 Å². The molecule has 0 aromatic heterocycles. The van der Waals surface area contributed by atoms with Gasteiger partial charge in [0.1, 0.15) is 5.41 Å². The van der Waals surface area contributed by atoms with Gasteiger partial charge in [0, 0.05) is 0 Å². The summed E-state index contributed by atoms with van der Waals surface area (Å²) in [7, 11) is 0. The van der Waals surface area contributed by atoms with Crippen molar-refractivity contribution in [3.05, 3.63) is 71.8 Å². The largest absolute Gasteiger partial charge is 0.387 e. The summed E-state index contributed by atoms with van der Waals surface area (Å²) in [6, 6.07) is 17.9. The van der Waals surface area contributed by atoms with Gasteiger partial charge in [-0.3, -0.25) is 9.59 Å². The fourth-order valence-corrected chi connectivity index (χ4v) is 5.63. The van der Waals surface area contributed by atoms with Crippen LogP contribution in [-0.2, 0) is 9.59 Å². The molecule has 4 N–H and O–H groups in total. The second-order valence-corrected chi connectivity index (χ2v) is 10.5. The summed E-state index contributed by atoms with van der Waals surface area (Å²) in [6.45, 7) is 0. The lowest BCUT2D eigenvalue weighted by Crippen LogP contribution is -2.61. The minimum atomic E-state index is -1.18. The van der Waals surface area contributed by atoms with Crippen LogP contribution in [0, 0.1) is 5.41 Å². The number of carbonyl (C=O) groups is 2. The average molecular weight is 463 g/mol. The van der Waals surface area contributed by atoms with Crippen LogP contribution in [0.5, 0.6) is 0 Å².